The first-order chi connectivity index (χ1) is 13.0. The molecule has 28 heavy (non-hydrogen) atoms. The van der Waals surface area contributed by atoms with Crippen LogP contribution in [0.4, 0.5) is 0 Å². The molecule has 0 aromatic heterocycles. The first-order valence-electron chi connectivity index (χ1n) is 10.9. The highest BCUT2D eigenvalue weighted by molar-refractivity contribution is 5.88. The number of unbranched alkanes of at least 4 members (excludes halogenated alkanes) is 2. The van der Waals surface area contributed by atoms with E-state index in [1.165, 1.54) is 0 Å². The summed E-state index contributed by atoms with van der Waals surface area (Å²) in [6, 6.07) is 10.3. The normalized spacial score (nSPS) is 28.1. The molecule has 2 aliphatic rings. The minimum absolute atomic E-state index is 0.148. The topological polar surface area (TPSA) is 41.6 Å². The summed E-state index contributed by atoms with van der Waals surface area (Å²) in [6.07, 6.45) is 5.70. The molecule has 1 atom stereocenters. The number of hydrogen-bond donors (Lipinski definition) is 1. The van der Waals surface area contributed by atoms with Gasteiger partial charge < -0.3 is 15.0 Å². The Hall–Kier alpha value is -1.39. The summed E-state index contributed by atoms with van der Waals surface area (Å²) in [5.41, 5.74) is -0.431. The van der Waals surface area contributed by atoms with Crippen molar-refractivity contribution in [2.24, 2.45) is 0 Å². The Kier molecular flexibility index (Phi) is 5.68. The van der Waals surface area contributed by atoms with E-state index in [0.717, 1.165) is 31.2 Å². The van der Waals surface area contributed by atoms with E-state index >= 15 is 0 Å². The molecule has 1 N–H and O–H groups in total. The zero-order valence-electron chi connectivity index (χ0n) is 18.6. The monoisotopic (exact) mass is 386 g/mol. The summed E-state index contributed by atoms with van der Waals surface area (Å²) in [6.45, 7) is 13.7. The number of carbonyl (C=O) groups is 1. The van der Waals surface area contributed by atoms with Crippen LogP contribution in [0.25, 0.3) is 0 Å². The molecule has 1 aromatic carbocycles. The number of benzene rings is 1. The molecule has 4 nitrogen and oxygen atoms in total. The Morgan fingerprint density at radius 3 is 2.18 bits per heavy atom. The molecule has 156 valence electrons. The molecule has 0 radical (unpaired) electrons. The molecular formula is C24H38N2O2. The lowest BCUT2D eigenvalue weighted by Crippen LogP contribution is -2.65. The first-order valence-corrected chi connectivity index (χ1v) is 10.9. The number of rotatable bonds is 6. The standard InChI is InChI=1S/C24H38N2O2/c1-7-8-12-15-23(6)26(16-19-13-10-9-11-14-19)20(27)24(28-23)17-21(2,3)25-22(4,5)18-24/h9-11,13-14,25H,7-8,12,15-18H2,1-6H3. The third-order valence-electron chi connectivity index (χ3n) is 6.18. The lowest BCUT2D eigenvalue weighted by molar-refractivity contribution is -0.166. The Morgan fingerprint density at radius 1 is 1.00 bits per heavy atom. The second-order valence-corrected chi connectivity index (χ2v) is 10.4. The van der Waals surface area contributed by atoms with Crippen molar-refractivity contribution in [2.45, 2.75) is 109 Å². The van der Waals surface area contributed by atoms with E-state index in [0.29, 0.717) is 19.4 Å². The quantitative estimate of drug-likeness (QED) is 0.698. The van der Waals surface area contributed by atoms with E-state index in [1.807, 2.05) is 23.1 Å². The molecule has 1 amide bonds. The van der Waals surface area contributed by atoms with Crippen LogP contribution in [0.15, 0.2) is 30.3 Å². The first kappa shape index (κ1) is 21.3. The number of nitrogens with zero attached hydrogens (tertiary/aromatic N) is 1. The third kappa shape index (κ3) is 4.28. The molecule has 0 aliphatic carbocycles. The van der Waals surface area contributed by atoms with Crippen LogP contribution in [-0.2, 0) is 16.1 Å². The summed E-state index contributed by atoms with van der Waals surface area (Å²) < 4.78 is 6.83. The van der Waals surface area contributed by atoms with Crippen LogP contribution < -0.4 is 5.32 Å². The van der Waals surface area contributed by atoms with E-state index in [9.17, 15) is 4.79 Å². The van der Waals surface area contributed by atoms with Crippen molar-refractivity contribution >= 4 is 5.91 Å². The van der Waals surface area contributed by atoms with Crippen molar-refractivity contribution < 1.29 is 9.53 Å². The number of nitrogens with one attached hydrogen (secondary N) is 1. The number of amides is 1. The Morgan fingerprint density at radius 2 is 1.61 bits per heavy atom. The van der Waals surface area contributed by atoms with E-state index < -0.39 is 11.3 Å². The van der Waals surface area contributed by atoms with Crippen molar-refractivity contribution in [1.82, 2.24) is 10.2 Å². The van der Waals surface area contributed by atoms with Gasteiger partial charge in [-0.25, -0.2) is 0 Å². The molecule has 2 heterocycles. The highest BCUT2D eigenvalue weighted by Gasteiger charge is 2.63. The molecule has 4 heteroatoms. The van der Waals surface area contributed by atoms with Gasteiger partial charge in [-0.2, -0.15) is 0 Å². The molecule has 0 saturated carbocycles. The van der Waals surface area contributed by atoms with Crippen LogP contribution in [0.2, 0.25) is 0 Å². The average molecular weight is 387 g/mol. The van der Waals surface area contributed by atoms with Crippen LogP contribution in [-0.4, -0.2) is 33.2 Å². The molecule has 2 saturated heterocycles. The van der Waals surface area contributed by atoms with Gasteiger partial charge in [0.2, 0.25) is 0 Å². The van der Waals surface area contributed by atoms with Gasteiger partial charge in [0.15, 0.2) is 5.60 Å². The Bertz CT molecular complexity index is 682. The van der Waals surface area contributed by atoms with Crippen molar-refractivity contribution in [3.63, 3.8) is 0 Å². The molecule has 3 rings (SSSR count). The maximum Gasteiger partial charge on any atom is 0.257 e. The van der Waals surface area contributed by atoms with Crippen molar-refractivity contribution in [2.75, 3.05) is 0 Å². The zero-order valence-corrected chi connectivity index (χ0v) is 18.6. The maximum absolute atomic E-state index is 13.9. The summed E-state index contributed by atoms with van der Waals surface area (Å²) >= 11 is 0. The van der Waals surface area contributed by atoms with Crippen LogP contribution >= 0.6 is 0 Å². The fraction of sp³-hybridized carbons (Fsp3) is 0.708. The van der Waals surface area contributed by atoms with Gasteiger partial charge in [0.05, 0.1) is 0 Å². The molecular weight excluding hydrogens is 348 g/mol. The van der Waals surface area contributed by atoms with Crippen LogP contribution in [0.1, 0.15) is 85.6 Å². The van der Waals surface area contributed by atoms with E-state index in [4.69, 9.17) is 4.74 Å². The molecule has 1 unspecified atom stereocenters. The highest BCUT2D eigenvalue weighted by atomic mass is 16.6. The summed E-state index contributed by atoms with van der Waals surface area (Å²) in [4.78, 5) is 15.9. The van der Waals surface area contributed by atoms with Gasteiger partial charge in [-0.1, -0.05) is 50.1 Å². The zero-order chi connectivity index (χ0) is 20.6. The van der Waals surface area contributed by atoms with Gasteiger partial charge in [-0.05, 0) is 53.0 Å². The molecule has 0 bridgehead atoms. The van der Waals surface area contributed by atoms with Gasteiger partial charge in [0, 0.05) is 30.5 Å². The van der Waals surface area contributed by atoms with Gasteiger partial charge >= 0.3 is 0 Å². The highest BCUT2D eigenvalue weighted by Crippen LogP contribution is 2.49. The number of carbonyl (C=O) groups excluding carboxylic acids is 1. The maximum atomic E-state index is 13.9. The van der Waals surface area contributed by atoms with E-state index in [-0.39, 0.29) is 17.0 Å². The summed E-state index contributed by atoms with van der Waals surface area (Å²) in [7, 11) is 0. The Labute approximate surface area is 171 Å². The number of hydrogen-bond acceptors (Lipinski definition) is 3. The van der Waals surface area contributed by atoms with Gasteiger partial charge in [-0.15, -0.1) is 0 Å². The van der Waals surface area contributed by atoms with E-state index in [1.54, 1.807) is 0 Å². The van der Waals surface area contributed by atoms with Gasteiger partial charge in [-0.3, -0.25) is 4.79 Å². The van der Waals surface area contributed by atoms with Gasteiger partial charge in [0.1, 0.15) is 5.72 Å². The molecule has 2 fully saturated rings. The average Bonchev–Trinajstić information content (AvgIpc) is 2.74. The lowest BCUT2D eigenvalue weighted by atomic mass is 9.72. The van der Waals surface area contributed by atoms with Crippen molar-refractivity contribution in [3.05, 3.63) is 35.9 Å². The molecule has 1 aromatic rings. The minimum atomic E-state index is -0.742. The third-order valence-corrected chi connectivity index (χ3v) is 6.18. The fourth-order valence-electron chi connectivity index (χ4n) is 5.59. The second-order valence-electron chi connectivity index (χ2n) is 10.4. The van der Waals surface area contributed by atoms with Crippen LogP contribution in [0.5, 0.6) is 0 Å². The minimum Gasteiger partial charge on any atom is -0.339 e. The van der Waals surface area contributed by atoms with Crippen LogP contribution in [0, 0.1) is 0 Å². The van der Waals surface area contributed by atoms with Crippen LogP contribution in [0.3, 0.4) is 0 Å². The lowest BCUT2D eigenvalue weighted by Gasteiger charge is -2.50. The predicted molar refractivity (Wildman–Crippen MR) is 114 cm³/mol. The number of ether oxygens (including phenoxy) is 1. The van der Waals surface area contributed by atoms with E-state index in [2.05, 4.69) is 59.0 Å². The molecule has 2 aliphatic heterocycles. The largest absolute Gasteiger partial charge is 0.339 e. The fourth-order valence-corrected chi connectivity index (χ4v) is 5.59. The number of piperidine rings is 1. The SMILES string of the molecule is CCCCCC1(C)OC2(CC(C)(C)NC(C)(C)C2)C(=O)N1Cc1ccccc1. The smallest absolute Gasteiger partial charge is 0.257 e. The summed E-state index contributed by atoms with van der Waals surface area (Å²) in [5, 5.41) is 3.70. The second kappa shape index (κ2) is 7.46. The molecule has 1 spiro atoms. The summed E-state index contributed by atoms with van der Waals surface area (Å²) in [5.74, 6) is 0.165. The van der Waals surface area contributed by atoms with Crippen molar-refractivity contribution in [3.8, 4) is 0 Å². The van der Waals surface area contributed by atoms with Gasteiger partial charge in [0.25, 0.3) is 5.91 Å². The van der Waals surface area contributed by atoms with Crippen molar-refractivity contribution in [1.29, 1.82) is 0 Å². The predicted octanol–water partition coefficient (Wildman–Crippen LogP) is 5.02. The Balaban J connectivity index is 1.95.